The molecule has 2 aromatic rings. The molecular weight excluding hydrogens is 319 g/mol. The van der Waals surface area contributed by atoms with Gasteiger partial charge in [0.1, 0.15) is 0 Å². The SMILES string of the molecule is CC(CCl)(CCl)NS(=O)(=O)c1cccc2ncccc12. The van der Waals surface area contributed by atoms with Crippen LogP contribution in [0.25, 0.3) is 10.9 Å². The van der Waals surface area contributed by atoms with Gasteiger partial charge in [-0.2, -0.15) is 0 Å². The van der Waals surface area contributed by atoms with Gasteiger partial charge in [0.2, 0.25) is 10.0 Å². The molecule has 7 heteroatoms. The number of nitrogens with zero attached hydrogens (tertiary/aromatic N) is 1. The van der Waals surface area contributed by atoms with Crippen LogP contribution >= 0.6 is 23.2 Å². The monoisotopic (exact) mass is 332 g/mol. The molecule has 0 aliphatic rings. The predicted octanol–water partition coefficient (Wildman–Crippen LogP) is 2.75. The molecule has 0 aliphatic heterocycles. The molecule has 0 unspecified atom stereocenters. The Bertz CT molecular complexity index is 710. The Morgan fingerprint density at radius 1 is 1.20 bits per heavy atom. The van der Waals surface area contributed by atoms with E-state index in [2.05, 4.69) is 9.71 Å². The Hall–Kier alpha value is -0.880. The van der Waals surface area contributed by atoms with Crippen LogP contribution in [0.1, 0.15) is 6.92 Å². The van der Waals surface area contributed by atoms with Crippen LogP contribution in [0.4, 0.5) is 0 Å². The number of hydrogen-bond donors (Lipinski definition) is 1. The van der Waals surface area contributed by atoms with Gasteiger partial charge in [0.25, 0.3) is 0 Å². The third kappa shape index (κ3) is 3.06. The van der Waals surface area contributed by atoms with E-state index in [1.54, 1.807) is 37.4 Å². The molecule has 0 saturated carbocycles. The Balaban J connectivity index is 2.53. The Morgan fingerprint density at radius 2 is 1.90 bits per heavy atom. The molecule has 4 nitrogen and oxygen atoms in total. The van der Waals surface area contributed by atoms with Gasteiger partial charge in [-0.15, -0.1) is 23.2 Å². The third-order valence-corrected chi connectivity index (χ3v) is 5.74. The molecule has 1 N–H and O–H groups in total. The molecule has 108 valence electrons. The second-order valence-corrected chi connectivity index (χ2v) is 6.95. The molecule has 0 bridgehead atoms. The Labute approximate surface area is 128 Å². The molecule has 0 atom stereocenters. The minimum Gasteiger partial charge on any atom is -0.256 e. The number of fused-ring (bicyclic) bond motifs is 1. The number of halogens is 2. The number of pyridine rings is 1. The summed E-state index contributed by atoms with van der Waals surface area (Å²) in [5.74, 6) is 0.164. The van der Waals surface area contributed by atoms with Crippen LogP contribution in [0, 0.1) is 0 Å². The van der Waals surface area contributed by atoms with Crippen molar-refractivity contribution in [3.8, 4) is 0 Å². The van der Waals surface area contributed by atoms with E-state index in [0.717, 1.165) is 0 Å². The minimum atomic E-state index is -3.73. The number of aromatic nitrogens is 1. The number of nitrogens with one attached hydrogen (secondary N) is 1. The quantitative estimate of drug-likeness (QED) is 0.856. The number of benzene rings is 1. The molecule has 0 spiro atoms. The first-order chi connectivity index (χ1) is 9.42. The van der Waals surface area contributed by atoms with E-state index in [9.17, 15) is 8.42 Å². The van der Waals surface area contributed by atoms with Gasteiger partial charge in [-0.05, 0) is 31.2 Å². The van der Waals surface area contributed by atoms with E-state index in [4.69, 9.17) is 23.2 Å². The lowest BCUT2D eigenvalue weighted by Gasteiger charge is -2.25. The van der Waals surface area contributed by atoms with Crippen LogP contribution in [0.15, 0.2) is 41.4 Å². The number of rotatable bonds is 5. The average Bonchev–Trinajstić information content (AvgIpc) is 2.46. The normalized spacial score (nSPS) is 12.8. The molecule has 2 rings (SSSR count). The Morgan fingerprint density at radius 3 is 2.55 bits per heavy atom. The maximum atomic E-state index is 12.5. The smallest absolute Gasteiger partial charge is 0.241 e. The van der Waals surface area contributed by atoms with Crippen molar-refractivity contribution in [3.63, 3.8) is 0 Å². The van der Waals surface area contributed by atoms with Crippen molar-refractivity contribution >= 4 is 44.1 Å². The van der Waals surface area contributed by atoms with Gasteiger partial charge < -0.3 is 0 Å². The van der Waals surface area contributed by atoms with E-state index >= 15 is 0 Å². The molecule has 1 heterocycles. The van der Waals surface area contributed by atoms with Gasteiger partial charge in [0.15, 0.2) is 0 Å². The maximum Gasteiger partial charge on any atom is 0.241 e. The van der Waals surface area contributed by atoms with Crippen LogP contribution in [0.5, 0.6) is 0 Å². The van der Waals surface area contributed by atoms with E-state index in [1.165, 1.54) is 6.07 Å². The van der Waals surface area contributed by atoms with Crippen molar-refractivity contribution in [2.45, 2.75) is 17.4 Å². The lowest BCUT2D eigenvalue weighted by molar-refractivity contribution is 0.501. The molecule has 0 amide bonds. The first-order valence-electron chi connectivity index (χ1n) is 5.91. The molecule has 1 aromatic heterocycles. The number of sulfonamides is 1. The highest BCUT2D eigenvalue weighted by Gasteiger charge is 2.30. The maximum absolute atomic E-state index is 12.5. The van der Waals surface area contributed by atoms with Gasteiger partial charge in [0, 0.05) is 23.3 Å². The third-order valence-electron chi connectivity index (χ3n) is 2.87. The first kappa shape index (κ1) is 15.5. The molecular formula is C13H14Cl2N2O2S. The number of alkyl halides is 2. The highest BCUT2D eigenvalue weighted by molar-refractivity contribution is 7.89. The summed E-state index contributed by atoms with van der Waals surface area (Å²) in [4.78, 5) is 4.32. The fourth-order valence-electron chi connectivity index (χ4n) is 1.78. The molecule has 0 radical (unpaired) electrons. The van der Waals surface area contributed by atoms with Crippen LogP contribution in [0.2, 0.25) is 0 Å². The average molecular weight is 333 g/mol. The molecule has 0 aliphatic carbocycles. The van der Waals surface area contributed by atoms with E-state index < -0.39 is 15.6 Å². The standard InChI is InChI=1S/C13H14Cl2N2O2S/c1-13(8-14,9-15)17-20(18,19)12-6-2-5-11-10(12)4-3-7-16-11/h2-7,17H,8-9H2,1H3. The topological polar surface area (TPSA) is 59.1 Å². The fourth-order valence-corrected chi connectivity index (χ4v) is 3.98. The summed E-state index contributed by atoms with van der Waals surface area (Å²) in [7, 11) is -3.73. The van der Waals surface area contributed by atoms with Crippen molar-refractivity contribution in [2.75, 3.05) is 11.8 Å². The summed E-state index contributed by atoms with van der Waals surface area (Å²) in [5.41, 5.74) is -0.277. The van der Waals surface area contributed by atoms with Crippen LogP contribution in [-0.4, -0.2) is 30.7 Å². The zero-order valence-electron chi connectivity index (χ0n) is 10.8. The van der Waals surface area contributed by atoms with E-state index in [-0.39, 0.29) is 16.7 Å². The lowest BCUT2D eigenvalue weighted by Crippen LogP contribution is -2.49. The largest absolute Gasteiger partial charge is 0.256 e. The zero-order chi connectivity index (χ0) is 14.8. The molecule has 0 saturated heterocycles. The summed E-state index contributed by atoms with van der Waals surface area (Å²) >= 11 is 11.6. The van der Waals surface area contributed by atoms with Gasteiger partial charge in [-0.1, -0.05) is 6.07 Å². The van der Waals surface area contributed by atoms with Gasteiger partial charge in [-0.25, -0.2) is 13.1 Å². The summed E-state index contributed by atoms with van der Waals surface area (Å²) in [6.45, 7) is 1.66. The summed E-state index contributed by atoms with van der Waals surface area (Å²) in [6.07, 6.45) is 1.62. The second-order valence-electron chi connectivity index (χ2n) is 4.76. The van der Waals surface area contributed by atoms with Crippen LogP contribution < -0.4 is 4.72 Å². The summed E-state index contributed by atoms with van der Waals surface area (Å²) in [6, 6.07) is 8.37. The van der Waals surface area contributed by atoms with E-state index in [1.807, 2.05) is 0 Å². The summed E-state index contributed by atoms with van der Waals surface area (Å²) < 4.78 is 27.6. The van der Waals surface area contributed by atoms with Crippen molar-refractivity contribution in [1.29, 1.82) is 0 Å². The highest BCUT2D eigenvalue weighted by atomic mass is 35.5. The predicted molar refractivity (Wildman–Crippen MR) is 81.9 cm³/mol. The van der Waals surface area contributed by atoms with Crippen LogP contribution in [0.3, 0.4) is 0 Å². The molecule has 0 fully saturated rings. The Kier molecular flexibility index (Phi) is 4.54. The van der Waals surface area contributed by atoms with Gasteiger partial charge in [0.05, 0.1) is 16.0 Å². The zero-order valence-corrected chi connectivity index (χ0v) is 13.1. The van der Waals surface area contributed by atoms with E-state index in [0.29, 0.717) is 10.9 Å². The summed E-state index contributed by atoms with van der Waals surface area (Å²) in [5, 5.41) is 0.564. The number of hydrogen-bond acceptors (Lipinski definition) is 3. The lowest BCUT2D eigenvalue weighted by atomic mass is 10.1. The van der Waals surface area contributed by atoms with Crippen molar-refractivity contribution in [2.24, 2.45) is 0 Å². The molecule has 20 heavy (non-hydrogen) atoms. The van der Waals surface area contributed by atoms with Crippen molar-refractivity contribution < 1.29 is 8.42 Å². The second kappa shape index (κ2) is 5.85. The van der Waals surface area contributed by atoms with Crippen LogP contribution in [-0.2, 0) is 10.0 Å². The first-order valence-corrected chi connectivity index (χ1v) is 8.47. The highest BCUT2D eigenvalue weighted by Crippen LogP contribution is 2.23. The van der Waals surface area contributed by atoms with Gasteiger partial charge in [-0.3, -0.25) is 4.98 Å². The van der Waals surface area contributed by atoms with Crippen molar-refractivity contribution in [1.82, 2.24) is 9.71 Å². The fraction of sp³-hybridized carbons (Fsp3) is 0.308. The van der Waals surface area contributed by atoms with Crippen molar-refractivity contribution in [3.05, 3.63) is 36.5 Å². The molecule has 1 aromatic carbocycles. The van der Waals surface area contributed by atoms with Gasteiger partial charge >= 0.3 is 0 Å². The minimum absolute atomic E-state index is 0.0821.